The van der Waals surface area contributed by atoms with Crippen LogP contribution in [0.2, 0.25) is 5.02 Å². The predicted molar refractivity (Wildman–Crippen MR) is 70.4 cm³/mol. The third-order valence-corrected chi connectivity index (χ3v) is 2.43. The second kappa shape index (κ2) is 5.90. The topological polar surface area (TPSA) is 26.3 Å². The van der Waals surface area contributed by atoms with E-state index < -0.39 is 5.97 Å². The molecule has 88 valence electrons. The van der Waals surface area contributed by atoms with Crippen molar-refractivity contribution in [2.75, 3.05) is 0 Å². The molecule has 0 amide bonds. The fourth-order valence-electron chi connectivity index (χ4n) is 1.30. The van der Waals surface area contributed by atoms with Gasteiger partial charge < -0.3 is 4.74 Å². The minimum absolute atomic E-state index is 0.312. The first-order valence-corrected chi connectivity index (χ1v) is 5.67. The number of hydrogen-bond acceptors (Lipinski definition) is 2. The second-order valence-electron chi connectivity index (χ2n) is 3.44. The molecule has 0 aliphatic carbocycles. The molecular formula is C15H9ClO2. The predicted octanol–water partition coefficient (Wildman–Crippen LogP) is 3.30. The first-order valence-electron chi connectivity index (χ1n) is 5.29. The van der Waals surface area contributed by atoms with Crippen molar-refractivity contribution in [3.8, 4) is 17.6 Å². The van der Waals surface area contributed by atoms with Gasteiger partial charge in [-0.2, -0.15) is 0 Å². The molecule has 0 radical (unpaired) electrons. The van der Waals surface area contributed by atoms with E-state index in [1.54, 1.807) is 24.3 Å². The molecule has 2 nitrogen and oxygen atoms in total. The minimum atomic E-state index is -0.632. The van der Waals surface area contributed by atoms with Crippen molar-refractivity contribution in [2.45, 2.75) is 0 Å². The van der Waals surface area contributed by atoms with Gasteiger partial charge in [-0.05, 0) is 24.3 Å². The van der Waals surface area contributed by atoms with Crippen LogP contribution in [0.1, 0.15) is 5.56 Å². The lowest BCUT2D eigenvalue weighted by Gasteiger charge is -2.00. The van der Waals surface area contributed by atoms with Crippen molar-refractivity contribution in [2.24, 2.45) is 0 Å². The van der Waals surface area contributed by atoms with E-state index in [0.717, 1.165) is 5.56 Å². The molecule has 0 N–H and O–H groups in total. The zero-order chi connectivity index (χ0) is 12.8. The van der Waals surface area contributed by atoms with Crippen LogP contribution in [-0.4, -0.2) is 5.97 Å². The highest BCUT2D eigenvalue weighted by Crippen LogP contribution is 2.22. The molecule has 18 heavy (non-hydrogen) atoms. The van der Waals surface area contributed by atoms with Gasteiger partial charge >= 0.3 is 5.97 Å². The molecule has 0 bridgehead atoms. The van der Waals surface area contributed by atoms with Gasteiger partial charge in [0.2, 0.25) is 0 Å². The Bertz CT molecular complexity index is 609. The Morgan fingerprint density at radius 1 is 1.00 bits per heavy atom. The SMILES string of the molecule is O=C(C#Cc1ccccc1)Oc1ccccc1Cl. The van der Waals surface area contributed by atoms with Crippen LogP contribution in [0.3, 0.4) is 0 Å². The Hall–Kier alpha value is -2.24. The van der Waals surface area contributed by atoms with Crippen molar-refractivity contribution < 1.29 is 9.53 Å². The Morgan fingerprint density at radius 2 is 1.67 bits per heavy atom. The van der Waals surface area contributed by atoms with Gasteiger partial charge in [0.05, 0.1) is 5.02 Å². The van der Waals surface area contributed by atoms with Gasteiger partial charge in [-0.3, -0.25) is 0 Å². The number of hydrogen-bond donors (Lipinski definition) is 0. The molecule has 0 heterocycles. The van der Waals surface area contributed by atoms with Crippen LogP contribution >= 0.6 is 11.6 Å². The minimum Gasteiger partial charge on any atom is -0.415 e. The maximum absolute atomic E-state index is 11.5. The summed E-state index contributed by atoms with van der Waals surface area (Å²) >= 11 is 5.86. The van der Waals surface area contributed by atoms with Crippen LogP contribution < -0.4 is 4.74 Å². The molecule has 0 aromatic heterocycles. The van der Waals surface area contributed by atoms with Gasteiger partial charge in [0.25, 0.3) is 0 Å². The maximum atomic E-state index is 11.5. The summed E-state index contributed by atoms with van der Waals surface area (Å²) in [5.74, 6) is 4.80. The first-order chi connectivity index (χ1) is 8.75. The summed E-state index contributed by atoms with van der Waals surface area (Å²) in [7, 11) is 0. The van der Waals surface area contributed by atoms with Gasteiger partial charge in [-0.25, -0.2) is 4.79 Å². The fourth-order valence-corrected chi connectivity index (χ4v) is 1.47. The van der Waals surface area contributed by atoms with Crippen LogP contribution in [0, 0.1) is 11.8 Å². The van der Waals surface area contributed by atoms with E-state index >= 15 is 0 Å². The third-order valence-electron chi connectivity index (χ3n) is 2.12. The van der Waals surface area contributed by atoms with Gasteiger partial charge in [-0.15, -0.1) is 0 Å². The summed E-state index contributed by atoms with van der Waals surface area (Å²) in [6, 6.07) is 16.0. The van der Waals surface area contributed by atoms with Crippen LogP contribution in [0.25, 0.3) is 0 Å². The van der Waals surface area contributed by atoms with Crippen molar-refractivity contribution in [1.82, 2.24) is 0 Å². The Balaban J connectivity index is 2.07. The highest BCUT2D eigenvalue weighted by atomic mass is 35.5. The third kappa shape index (κ3) is 3.38. The van der Waals surface area contributed by atoms with E-state index in [-0.39, 0.29) is 0 Å². The highest BCUT2D eigenvalue weighted by molar-refractivity contribution is 6.32. The normalized spacial score (nSPS) is 9.17. The fraction of sp³-hybridized carbons (Fsp3) is 0. The number of para-hydroxylation sites is 1. The van der Waals surface area contributed by atoms with E-state index in [1.165, 1.54) is 0 Å². The lowest BCUT2D eigenvalue weighted by Crippen LogP contribution is -2.04. The maximum Gasteiger partial charge on any atom is 0.390 e. The molecule has 0 atom stereocenters. The Labute approximate surface area is 110 Å². The number of benzene rings is 2. The van der Waals surface area contributed by atoms with Crippen LogP contribution in [0.5, 0.6) is 5.75 Å². The summed E-state index contributed by atoms with van der Waals surface area (Å²) in [5, 5.41) is 0.382. The molecule has 2 aromatic carbocycles. The molecule has 0 saturated heterocycles. The van der Waals surface area contributed by atoms with Crippen molar-refractivity contribution in [1.29, 1.82) is 0 Å². The average molecular weight is 257 g/mol. The number of carbonyl (C=O) groups is 1. The lowest BCUT2D eigenvalue weighted by atomic mass is 10.2. The number of ether oxygens (including phenoxy) is 1. The molecule has 0 aliphatic heterocycles. The average Bonchev–Trinajstić information content (AvgIpc) is 2.40. The van der Waals surface area contributed by atoms with E-state index in [4.69, 9.17) is 16.3 Å². The quantitative estimate of drug-likeness (QED) is 0.445. The smallest absolute Gasteiger partial charge is 0.390 e. The molecule has 0 aliphatic rings. The number of esters is 1. The van der Waals surface area contributed by atoms with E-state index in [0.29, 0.717) is 10.8 Å². The molecule has 2 aromatic rings. The van der Waals surface area contributed by atoms with E-state index in [9.17, 15) is 4.79 Å². The summed E-state index contributed by atoms with van der Waals surface area (Å²) in [4.78, 5) is 11.5. The number of rotatable bonds is 1. The Kier molecular flexibility index (Phi) is 4.01. The molecule has 0 saturated carbocycles. The van der Waals surface area contributed by atoms with Crippen LogP contribution in [-0.2, 0) is 4.79 Å². The van der Waals surface area contributed by atoms with Crippen molar-refractivity contribution in [3.63, 3.8) is 0 Å². The molecule has 2 rings (SSSR count). The number of halogens is 1. The van der Waals surface area contributed by atoms with E-state index in [2.05, 4.69) is 11.8 Å². The van der Waals surface area contributed by atoms with Crippen LogP contribution in [0.15, 0.2) is 54.6 Å². The highest BCUT2D eigenvalue weighted by Gasteiger charge is 2.04. The molecule has 0 spiro atoms. The van der Waals surface area contributed by atoms with Gasteiger partial charge in [-0.1, -0.05) is 47.9 Å². The summed E-state index contributed by atoms with van der Waals surface area (Å²) < 4.78 is 5.02. The molecule has 3 heteroatoms. The van der Waals surface area contributed by atoms with Gasteiger partial charge in [0, 0.05) is 11.5 Å². The monoisotopic (exact) mass is 256 g/mol. The van der Waals surface area contributed by atoms with E-state index in [1.807, 2.05) is 30.3 Å². The first kappa shape index (κ1) is 12.2. The standard InChI is InChI=1S/C15H9ClO2/c16-13-8-4-5-9-14(13)18-15(17)11-10-12-6-2-1-3-7-12/h1-9H. The molecular weight excluding hydrogens is 248 g/mol. The zero-order valence-electron chi connectivity index (χ0n) is 9.39. The number of carbonyl (C=O) groups excluding carboxylic acids is 1. The van der Waals surface area contributed by atoms with Crippen molar-refractivity contribution >= 4 is 17.6 Å². The van der Waals surface area contributed by atoms with Gasteiger partial charge in [0.1, 0.15) is 5.75 Å². The summed E-state index contributed by atoms with van der Waals surface area (Å²) in [6.45, 7) is 0. The summed E-state index contributed by atoms with van der Waals surface area (Å²) in [6.07, 6.45) is 0. The second-order valence-corrected chi connectivity index (χ2v) is 3.84. The largest absolute Gasteiger partial charge is 0.415 e. The zero-order valence-corrected chi connectivity index (χ0v) is 10.1. The molecule has 0 fully saturated rings. The van der Waals surface area contributed by atoms with Gasteiger partial charge in [0.15, 0.2) is 0 Å². The Morgan fingerprint density at radius 3 is 2.39 bits per heavy atom. The molecule has 0 unspecified atom stereocenters. The van der Waals surface area contributed by atoms with Crippen molar-refractivity contribution in [3.05, 3.63) is 65.2 Å². The lowest BCUT2D eigenvalue weighted by molar-refractivity contribution is -0.128. The van der Waals surface area contributed by atoms with Crippen LogP contribution in [0.4, 0.5) is 0 Å². The summed E-state index contributed by atoms with van der Waals surface area (Å²) in [5.41, 5.74) is 0.758.